The van der Waals surface area contributed by atoms with Gasteiger partial charge in [-0.3, -0.25) is 0 Å². The molecule has 0 N–H and O–H groups in total. The predicted octanol–water partition coefficient (Wildman–Crippen LogP) is 7.24. The molecular formula is C24H32O. The number of rotatable bonds is 3. The zero-order valence-electron chi connectivity index (χ0n) is 15.9. The van der Waals surface area contributed by atoms with Gasteiger partial charge in [0.25, 0.3) is 0 Å². The Morgan fingerprint density at radius 1 is 0.840 bits per heavy atom. The fourth-order valence-corrected chi connectivity index (χ4v) is 4.99. The van der Waals surface area contributed by atoms with E-state index in [-0.39, 0.29) is 0 Å². The maximum atomic E-state index is 6.38. The van der Waals surface area contributed by atoms with Crippen molar-refractivity contribution in [3.63, 3.8) is 0 Å². The first-order valence-corrected chi connectivity index (χ1v) is 10.3. The topological polar surface area (TPSA) is 9.23 Å². The fourth-order valence-electron chi connectivity index (χ4n) is 4.99. The van der Waals surface area contributed by atoms with Gasteiger partial charge in [-0.25, -0.2) is 0 Å². The number of hydrogen-bond acceptors (Lipinski definition) is 1. The monoisotopic (exact) mass is 336 g/mol. The van der Waals surface area contributed by atoms with Gasteiger partial charge in [0, 0.05) is 0 Å². The Kier molecular flexibility index (Phi) is 4.75. The van der Waals surface area contributed by atoms with Gasteiger partial charge in [0.05, 0.1) is 6.10 Å². The minimum absolute atomic E-state index is 0.417. The van der Waals surface area contributed by atoms with Crippen LogP contribution in [0.25, 0.3) is 10.8 Å². The Balaban J connectivity index is 1.42. The standard InChI is InChI=1S/C24H32O/c1-18(2)19-6-7-21-17-23(9-8-20(21)16-19)25-22-10-14-24(15-11-22)12-4-3-5-13-24/h6-9,16-18,22H,3-5,10-15H2,1-2H3. The highest BCUT2D eigenvalue weighted by molar-refractivity contribution is 5.84. The molecule has 0 saturated heterocycles. The molecule has 2 saturated carbocycles. The molecule has 2 aromatic rings. The second kappa shape index (κ2) is 7.02. The fraction of sp³-hybridized carbons (Fsp3) is 0.583. The molecule has 0 atom stereocenters. The molecule has 0 radical (unpaired) electrons. The van der Waals surface area contributed by atoms with Crippen molar-refractivity contribution in [2.24, 2.45) is 5.41 Å². The van der Waals surface area contributed by atoms with Crippen molar-refractivity contribution >= 4 is 10.8 Å². The van der Waals surface area contributed by atoms with Crippen LogP contribution in [0, 0.1) is 5.41 Å². The van der Waals surface area contributed by atoms with Gasteiger partial charge in [0.15, 0.2) is 0 Å². The summed E-state index contributed by atoms with van der Waals surface area (Å²) in [6, 6.07) is 13.4. The summed E-state index contributed by atoms with van der Waals surface area (Å²) >= 11 is 0. The summed E-state index contributed by atoms with van der Waals surface area (Å²) in [6.45, 7) is 4.50. The molecule has 0 aliphatic heterocycles. The average Bonchev–Trinajstić information content (AvgIpc) is 2.64. The molecule has 25 heavy (non-hydrogen) atoms. The maximum absolute atomic E-state index is 6.38. The van der Waals surface area contributed by atoms with E-state index in [4.69, 9.17) is 4.74 Å². The minimum Gasteiger partial charge on any atom is -0.490 e. The van der Waals surface area contributed by atoms with E-state index < -0.39 is 0 Å². The zero-order chi connectivity index (χ0) is 17.3. The van der Waals surface area contributed by atoms with Crippen LogP contribution in [0.15, 0.2) is 36.4 Å². The van der Waals surface area contributed by atoms with Gasteiger partial charge in [-0.2, -0.15) is 0 Å². The van der Waals surface area contributed by atoms with Crippen molar-refractivity contribution in [1.82, 2.24) is 0 Å². The second-order valence-corrected chi connectivity index (χ2v) is 8.80. The molecule has 0 amide bonds. The number of fused-ring (bicyclic) bond motifs is 1. The van der Waals surface area contributed by atoms with Crippen LogP contribution in [0.4, 0.5) is 0 Å². The Hall–Kier alpha value is -1.50. The lowest BCUT2D eigenvalue weighted by Crippen LogP contribution is -2.33. The molecule has 4 rings (SSSR count). The van der Waals surface area contributed by atoms with E-state index in [1.54, 1.807) is 0 Å². The number of ether oxygens (including phenoxy) is 1. The van der Waals surface area contributed by atoms with Crippen molar-refractivity contribution in [1.29, 1.82) is 0 Å². The van der Waals surface area contributed by atoms with E-state index in [2.05, 4.69) is 50.2 Å². The van der Waals surface area contributed by atoms with Crippen LogP contribution in [0.5, 0.6) is 5.75 Å². The van der Waals surface area contributed by atoms with Crippen molar-refractivity contribution in [2.75, 3.05) is 0 Å². The molecule has 1 nitrogen and oxygen atoms in total. The van der Waals surface area contributed by atoms with Crippen molar-refractivity contribution < 1.29 is 4.74 Å². The lowest BCUT2D eigenvalue weighted by molar-refractivity contribution is 0.0524. The smallest absolute Gasteiger partial charge is 0.120 e. The van der Waals surface area contributed by atoms with E-state index in [0.29, 0.717) is 17.4 Å². The maximum Gasteiger partial charge on any atom is 0.120 e. The molecule has 2 fully saturated rings. The Labute approximate surface area is 152 Å². The molecule has 0 bridgehead atoms. The molecule has 0 unspecified atom stereocenters. The highest BCUT2D eigenvalue weighted by atomic mass is 16.5. The van der Waals surface area contributed by atoms with E-state index in [1.807, 2.05) is 0 Å². The summed E-state index contributed by atoms with van der Waals surface area (Å²) < 4.78 is 6.38. The molecule has 2 aliphatic rings. The van der Waals surface area contributed by atoms with Crippen LogP contribution in [0.1, 0.15) is 83.1 Å². The summed E-state index contributed by atoms with van der Waals surface area (Å²) in [6.07, 6.45) is 12.9. The minimum atomic E-state index is 0.417. The predicted molar refractivity (Wildman–Crippen MR) is 106 cm³/mol. The van der Waals surface area contributed by atoms with Crippen LogP contribution in [0.2, 0.25) is 0 Å². The lowest BCUT2D eigenvalue weighted by Gasteiger charge is -2.42. The quantitative estimate of drug-likeness (QED) is 0.574. The first-order chi connectivity index (χ1) is 12.1. The first kappa shape index (κ1) is 16.9. The third-order valence-electron chi connectivity index (χ3n) is 6.71. The SMILES string of the molecule is CC(C)c1ccc2cc(OC3CCC4(CCCCC4)CC3)ccc2c1. The third kappa shape index (κ3) is 3.71. The molecule has 2 aliphatic carbocycles. The van der Waals surface area contributed by atoms with Crippen molar-refractivity contribution in [3.05, 3.63) is 42.0 Å². The molecule has 134 valence electrons. The van der Waals surface area contributed by atoms with E-state index in [0.717, 1.165) is 5.75 Å². The van der Waals surface area contributed by atoms with Gasteiger partial charge in [0.2, 0.25) is 0 Å². The second-order valence-electron chi connectivity index (χ2n) is 8.80. The van der Waals surface area contributed by atoms with E-state index >= 15 is 0 Å². The van der Waals surface area contributed by atoms with Crippen LogP contribution in [-0.2, 0) is 0 Å². The van der Waals surface area contributed by atoms with Crippen LogP contribution in [-0.4, -0.2) is 6.10 Å². The molecule has 0 heterocycles. The van der Waals surface area contributed by atoms with Crippen LogP contribution >= 0.6 is 0 Å². The normalized spacial score (nSPS) is 21.1. The first-order valence-electron chi connectivity index (χ1n) is 10.3. The molecular weight excluding hydrogens is 304 g/mol. The van der Waals surface area contributed by atoms with Gasteiger partial charge < -0.3 is 4.74 Å². The Morgan fingerprint density at radius 3 is 2.24 bits per heavy atom. The number of hydrogen-bond donors (Lipinski definition) is 0. The summed E-state index contributed by atoms with van der Waals surface area (Å²) in [5.41, 5.74) is 2.08. The van der Waals surface area contributed by atoms with E-state index in [9.17, 15) is 0 Å². The lowest BCUT2D eigenvalue weighted by atomic mass is 9.65. The van der Waals surface area contributed by atoms with E-state index in [1.165, 1.54) is 74.1 Å². The average molecular weight is 337 g/mol. The highest BCUT2D eigenvalue weighted by Crippen LogP contribution is 2.48. The molecule has 2 aromatic carbocycles. The molecule has 1 spiro atoms. The van der Waals surface area contributed by atoms with Gasteiger partial charge >= 0.3 is 0 Å². The highest BCUT2D eigenvalue weighted by Gasteiger charge is 2.36. The largest absolute Gasteiger partial charge is 0.490 e. The van der Waals surface area contributed by atoms with Gasteiger partial charge in [0.1, 0.15) is 5.75 Å². The molecule has 0 aromatic heterocycles. The zero-order valence-corrected chi connectivity index (χ0v) is 15.9. The Bertz CT molecular complexity index is 714. The summed E-state index contributed by atoms with van der Waals surface area (Å²) in [4.78, 5) is 0. The van der Waals surface area contributed by atoms with Crippen LogP contribution < -0.4 is 4.74 Å². The summed E-state index contributed by atoms with van der Waals surface area (Å²) in [5.74, 6) is 1.63. The van der Waals surface area contributed by atoms with Gasteiger partial charge in [-0.15, -0.1) is 0 Å². The summed E-state index contributed by atoms with van der Waals surface area (Å²) in [5, 5.41) is 2.62. The van der Waals surface area contributed by atoms with Gasteiger partial charge in [-0.05, 0) is 78.3 Å². The molecule has 1 heteroatoms. The van der Waals surface area contributed by atoms with Crippen molar-refractivity contribution in [3.8, 4) is 5.75 Å². The Morgan fingerprint density at radius 2 is 1.52 bits per heavy atom. The van der Waals surface area contributed by atoms with Crippen LogP contribution in [0.3, 0.4) is 0 Å². The number of benzene rings is 2. The van der Waals surface area contributed by atoms with Crippen molar-refractivity contribution in [2.45, 2.75) is 83.7 Å². The third-order valence-corrected chi connectivity index (χ3v) is 6.71. The van der Waals surface area contributed by atoms with Gasteiger partial charge in [-0.1, -0.05) is 57.4 Å². The summed E-state index contributed by atoms with van der Waals surface area (Å²) in [7, 11) is 0.